The van der Waals surface area contributed by atoms with Gasteiger partial charge < -0.3 is 112 Å². The summed E-state index contributed by atoms with van der Waals surface area (Å²) in [6.45, 7) is -1.91. The molecule has 3 fully saturated rings. The summed E-state index contributed by atoms with van der Waals surface area (Å²) in [5.74, 6) is 0.536. The van der Waals surface area contributed by atoms with Crippen molar-refractivity contribution in [1.29, 1.82) is 0 Å². The summed E-state index contributed by atoms with van der Waals surface area (Å²) in [6.07, 6.45) is -10.9. The molecule has 3 aliphatic heterocycles. The van der Waals surface area contributed by atoms with Crippen molar-refractivity contribution in [1.82, 2.24) is 58.6 Å². The number of hydrogen-bond donors (Lipinski definition) is 13. The fourth-order valence-corrected chi connectivity index (χ4v) is 10.5. The van der Waals surface area contributed by atoms with Gasteiger partial charge in [0.2, 0.25) is 17.8 Å². The largest absolute Gasteiger partial charge is 0.790 e. The van der Waals surface area contributed by atoms with E-state index in [2.05, 4.69) is 68.6 Å². The van der Waals surface area contributed by atoms with Crippen molar-refractivity contribution in [2.45, 2.75) is 81.0 Å². The van der Waals surface area contributed by atoms with E-state index in [1.54, 1.807) is 14.1 Å². The lowest BCUT2D eigenvalue weighted by Gasteiger charge is -2.37. The summed E-state index contributed by atoms with van der Waals surface area (Å²) in [4.78, 5) is 79.6. The normalized spacial score (nSPS) is 28.3. The molecular weight excluding hydrogens is 1100 g/mol. The van der Waals surface area contributed by atoms with Gasteiger partial charge in [-0.15, -0.1) is 0 Å². The average Bonchev–Trinajstić information content (AvgIpc) is 4.18. The second-order valence-corrected chi connectivity index (χ2v) is 20.1. The molecule has 42 heteroatoms. The third-order valence-electron chi connectivity index (χ3n) is 10.7. The van der Waals surface area contributed by atoms with Crippen LogP contribution in [0.3, 0.4) is 0 Å². The van der Waals surface area contributed by atoms with E-state index in [4.69, 9.17) is 53.2 Å². The van der Waals surface area contributed by atoms with Crippen LogP contribution < -0.4 is 47.4 Å². The zero-order valence-electron chi connectivity index (χ0n) is 37.5. The Bertz CT molecular complexity index is 3120. The summed E-state index contributed by atoms with van der Waals surface area (Å²) >= 11 is 5.90. The van der Waals surface area contributed by atoms with E-state index in [0.29, 0.717) is 22.5 Å². The van der Waals surface area contributed by atoms with Gasteiger partial charge in [0.1, 0.15) is 60.5 Å². The van der Waals surface area contributed by atoms with E-state index in [-0.39, 0.29) is 53.1 Å². The van der Waals surface area contributed by atoms with Gasteiger partial charge in [-0.3, -0.25) is 27.1 Å². The predicted octanol–water partition coefficient (Wildman–Crippen LogP) is -6.74. The van der Waals surface area contributed by atoms with Gasteiger partial charge in [-0.1, -0.05) is 19.0 Å². The van der Waals surface area contributed by atoms with Crippen LogP contribution in [0.2, 0.25) is 5.15 Å². The molecule has 3 saturated heterocycles. The maximum absolute atomic E-state index is 11.7. The first kappa shape index (κ1) is 59.2. The Hall–Kier alpha value is -5.09. The summed E-state index contributed by atoms with van der Waals surface area (Å²) in [6, 6.07) is 0. The highest BCUT2D eigenvalue weighted by molar-refractivity contribution is 7.64. The van der Waals surface area contributed by atoms with Crippen LogP contribution in [0.4, 0.5) is 29.5 Å². The summed E-state index contributed by atoms with van der Waals surface area (Å²) < 4.78 is 64.2. The van der Waals surface area contributed by atoms with Crippen LogP contribution in [0, 0.1) is 0 Å². The molecule has 416 valence electrons. The number of aliphatic hydroxyl groups is 8. The first-order valence-electron chi connectivity index (χ1n) is 20.7. The molecule has 38 nitrogen and oxygen atoms in total. The molecule has 0 radical (unpaired) electrons. The van der Waals surface area contributed by atoms with E-state index in [9.17, 15) is 63.9 Å². The second-order valence-electron chi connectivity index (χ2n) is 15.5. The van der Waals surface area contributed by atoms with Crippen molar-refractivity contribution >= 4 is 98.0 Å². The van der Waals surface area contributed by atoms with Crippen molar-refractivity contribution in [2.75, 3.05) is 61.8 Å². The number of rotatable bonds is 14. The lowest BCUT2D eigenvalue weighted by atomic mass is 10.1. The quantitative estimate of drug-likeness (QED) is 0.0356. The van der Waals surface area contributed by atoms with E-state index in [0.717, 1.165) is 0 Å². The minimum absolute atomic E-state index is 0. The molecule has 16 N–H and O–H groups in total. The van der Waals surface area contributed by atoms with Crippen molar-refractivity contribution in [3.8, 4) is 0 Å². The number of imidazole rings is 3. The van der Waals surface area contributed by atoms with Crippen LogP contribution in [0.15, 0.2) is 19.0 Å². The van der Waals surface area contributed by atoms with Crippen LogP contribution in [0.1, 0.15) is 26.1 Å². The average molecular weight is 1150 g/mol. The van der Waals surface area contributed by atoms with Gasteiger partial charge in [-0.2, -0.15) is 29.9 Å². The topological polar surface area (TPSA) is 594 Å². The van der Waals surface area contributed by atoms with Crippen molar-refractivity contribution in [3.05, 3.63) is 24.1 Å². The molecule has 6 aromatic rings. The van der Waals surface area contributed by atoms with E-state index in [1.807, 2.05) is 0 Å². The fourth-order valence-electron chi connectivity index (χ4n) is 7.44. The Morgan fingerprint density at radius 2 is 0.947 bits per heavy atom. The Morgan fingerprint density at radius 3 is 1.32 bits per heavy atom. The summed E-state index contributed by atoms with van der Waals surface area (Å²) in [5, 5.41) is 84.0. The Balaban J connectivity index is 0.000000190. The molecule has 6 aromatic heterocycles. The van der Waals surface area contributed by atoms with Gasteiger partial charge in [0.15, 0.2) is 63.4 Å². The molecule has 14 atom stereocenters. The van der Waals surface area contributed by atoms with E-state index < -0.39 is 117 Å². The maximum Gasteiger partial charge on any atom is 0.278 e. The molecule has 0 spiro atoms. The standard InChI is InChI=1S/C11H19N6O13P3.C11H16N6O4.C10H12ClN5O4.CH4/c1-13-8-5-9(16-11(12)15-8)17(3-14-5)10-7(19)6(18)4(28-10)2-27-32(23,24)30-33(25,26)29-31(20,21)22;1-13-8-5-9(16-11(12)15-8)17(3-14-5)10-7(20)6(19)4(2-18)21-10;11-7-4-8(15-10(12)14-7)16(2-13-4)9-6(19)5(18)3(1-17)20-9;/h3-4,6-7,10,18-19H,2H2,1H3,(H,23,24)(H,25,26)(H2,20,21,22)(H3,12,13,15,16);3-4,6-7,10,18-20H,2H2,1H3,(H3,12,13,15,16);2-3,5-6,9,17-19H,1H2,(H2,12,14,15);1H4/p-4/t2*4-,6+,7?,10-;3-,5+,6?,9-;/m111./s1. The number of aromatic nitrogens is 12. The highest BCUT2D eigenvalue weighted by Gasteiger charge is 2.47. The van der Waals surface area contributed by atoms with Gasteiger partial charge in [0.05, 0.1) is 46.6 Å². The number of halogens is 1. The Labute approximate surface area is 424 Å². The first-order valence-corrected chi connectivity index (χ1v) is 25.5. The van der Waals surface area contributed by atoms with Crippen LogP contribution in [0.5, 0.6) is 0 Å². The van der Waals surface area contributed by atoms with Crippen LogP contribution in [0.25, 0.3) is 33.5 Å². The van der Waals surface area contributed by atoms with Gasteiger partial charge in [0.25, 0.3) is 15.6 Å². The first-order chi connectivity index (χ1) is 34.7. The second kappa shape index (κ2) is 23.3. The van der Waals surface area contributed by atoms with Gasteiger partial charge in [-0.05, 0) is 0 Å². The molecule has 3 aliphatic rings. The number of phosphoric acid groups is 3. The number of hydrogen-bond acceptors (Lipinski definition) is 35. The number of nitrogens with zero attached hydrogens (tertiary/aromatic N) is 12. The molecule has 0 aliphatic carbocycles. The van der Waals surface area contributed by atoms with Crippen LogP contribution in [-0.4, -0.2) is 188 Å². The number of nitrogens with one attached hydrogen (secondary N) is 2. The lowest BCUT2D eigenvalue weighted by Crippen LogP contribution is -2.34. The predicted molar refractivity (Wildman–Crippen MR) is 243 cm³/mol. The lowest BCUT2D eigenvalue weighted by molar-refractivity contribution is -0.339. The van der Waals surface area contributed by atoms with E-state index >= 15 is 0 Å². The SMILES string of the molecule is C.CNc1nc(N)nc2c1ncn2[C@@H]1O[C@H](CO)[C@H](O)C1O.CNc1nc(N)nc2c1ncn2[C@@H]1O[C@H](COP(=O)([O-])OP(=O)([O-])OP(=O)([O-])[O-])[C@H](O)C1O.Nc1nc(Cl)c2ncn([C@@H]3O[C@H](CO)[C@H](O)C3O)c2n1. The number of aliphatic hydroxyl groups excluding tert-OH is 8. The number of ether oxygens (including phenoxy) is 3. The number of phosphoric ester groups is 1. The molecule has 9 heterocycles. The molecule has 0 aromatic carbocycles. The summed E-state index contributed by atoms with van der Waals surface area (Å²) in [7, 11) is -14.9. The molecule has 9 rings (SSSR count). The zero-order chi connectivity index (χ0) is 54.4. The highest BCUT2D eigenvalue weighted by Crippen LogP contribution is 2.60. The summed E-state index contributed by atoms with van der Waals surface area (Å²) in [5.41, 5.74) is 18.5. The van der Waals surface area contributed by atoms with Crippen LogP contribution in [-0.2, 0) is 41.1 Å². The van der Waals surface area contributed by atoms with Gasteiger partial charge in [-0.25, -0.2) is 19.3 Å². The number of fused-ring (bicyclic) bond motifs is 3. The maximum atomic E-state index is 11.7. The van der Waals surface area contributed by atoms with Gasteiger partial charge >= 0.3 is 0 Å². The highest BCUT2D eigenvalue weighted by atomic mass is 35.5. The minimum atomic E-state index is -6.15. The van der Waals surface area contributed by atoms with E-state index in [1.165, 1.54) is 32.7 Å². The van der Waals surface area contributed by atoms with Crippen LogP contribution >= 0.6 is 35.1 Å². The molecule has 5 unspecified atom stereocenters. The molecule has 0 bridgehead atoms. The molecular formula is C33H47ClN17O21P3-4. The van der Waals surface area contributed by atoms with Crippen molar-refractivity contribution in [3.63, 3.8) is 0 Å². The number of nitrogen functional groups attached to an aromatic ring is 3. The number of anilines is 5. The van der Waals surface area contributed by atoms with Gasteiger partial charge in [0, 0.05) is 14.1 Å². The number of nitrogens with two attached hydrogens (primary N) is 3. The Morgan fingerprint density at radius 1 is 0.587 bits per heavy atom. The van der Waals surface area contributed by atoms with Crippen molar-refractivity contribution < 1.29 is 101 Å². The monoisotopic (exact) mass is 1150 g/mol. The minimum Gasteiger partial charge on any atom is -0.790 e. The smallest absolute Gasteiger partial charge is 0.278 e. The molecule has 0 amide bonds. The fraction of sp³-hybridized carbons (Fsp3) is 0.545. The third-order valence-corrected chi connectivity index (χ3v) is 14.7. The third kappa shape index (κ3) is 12.7. The molecule has 75 heavy (non-hydrogen) atoms. The zero-order valence-corrected chi connectivity index (χ0v) is 40.9. The van der Waals surface area contributed by atoms with Crippen molar-refractivity contribution in [2.24, 2.45) is 0 Å². The molecule has 0 saturated carbocycles. The Kier molecular flexibility index (Phi) is 18.3.